The second kappa shape index (κ2) is 4.35. The van der Waals surface area contributed by atoms with Crippen molar-refractivity contribution in [2.45, 2.75) is 26.8 Å². The number of nitrogens with one attached hydrogen (secondary N) is 1. The van der Waals surface area contributed by atoms with Crippen LogP contribution >= 0.6 is 0 Å². The Hall–Kier alpha value is -1.84. The van der Waals surface area contributed by atoms with Crippen molar-refractivity contribution in [2.75, 3.05) is 5.32 Å². The lowest BCUT2D eigenvalue weighted by atomic mass is 10.3. The standard InChI is InChI=1S/C12H15N3O/c1-8-4-5-11(13-6-8)15-10(3)12-14-7-9(2)16-12/h4-7,10H,1-3H3,(H,13,15). The van der Waals surface area contributed by atoms with E-state index in [0.29, 0.717) is 5.89 Å². The van der Waals surface area contributed by atoms with Crippen LogP contribution in [0, 0.1) is 13.8 Å². The number of nitrogens with zero attached hydrogens (tertiary/aromatic N) is 2. The van der Waals surface area contributed by atoms with Crippen LogP contribution in [-0.4, -0.2) is 9.97 Å². The fourth-order valence-corrected chi connectivity index (χ4v) is 1.41. The Kier molecular flexibility index (Phi) is 2.90. The van der Waals surface area contributed by atoms with Crippen molar-refractivity contribution < 1.29 is 4.42 Å². The van der Waals surface area contributed by atoms with Gasteiger partial charge in [0.05, 0.1) is 6.20 Å². The molecule has 0 spiro atoms. The molecule has 0 aromatic carbocycles. The topological polar surface area (TPSA) is 51.0 Å². The van der Waals surface area contributed by atoms with Crippen LogP contribution in [0.1, 0.15) is 30.2 Å². The number of hydrogen-bond acceptors (Lipinski definition) is 4. The lowest BCUT2D eigenvalue weighted by molar-refractivity contribution is 0.453. The van der Waals surface area contributed by atoms with Gasteiger partial charge in [-0.05, 0) is 32.4 Å². The van der Waals surface area contributed by atoms with E-state index in [0.717, 1.165) is 17.1 Å². The first kappa shape index (κ1) is 10.7. The Morgan fingerprint density at radius 3 is 2.56 bits per heavy atom. The summed E-state index contributed by atoms with van der Waals surface area (Å²) < 4.78 is 5.44. The highest BCUT2D eigenvalue weighted by atomic mass is 16.4. The molecule has 16 heavy (non-hydrogen) atoms. The molecule has 1 unspecified atom stereocenters. The molecule has 1 N–H and O–H groups in total. The highest BCUT2D eigenvalue weighted by Crippen LogP contribution is 2.17. The van der Waals surface area contributed by atoms with Gasteiger partial charge in [0.1, 0.15) is 17.6 Å². The minimum atomic E-state index is 0.0175. The predicted molar refractivity (Wildman–Crippen MR) is 62.3 cm³/mol. The van der Waals surface area contributed by atoms with Crippen LogP contribution in [0.2, 0.25) is 0 Å². The summed E-state index contributed by atoms with van der Waals surface area (Å²) in [5.41, 5.74) is 1.14. The average Bonchev–Trinajstić information content (AvgIpc) is 2.68. The second-order valence-electron chi connectivity index (χ2n) is 3.90. The molecule has 0 aliphatic carbocycles. The summed E-state index contributed by atoms with van der Waals surface area (Å²) in [4.78, 5) is 8.44. The third-order valence-electron chi connectivity index (χ3n) is 2.29. The molecule has 0 saturated heterocycles. The first-order valence-electron chi connectivity index (χ1n) is 5.26. The van der Waals surface area contributed by atoms with E-state index in [1.54, 1.807) is 6.20 Å². The van der Waals surface area contributed by atoms with Gasteiger partial charge < -0.3 is 9.73 Å². The number of hydrogen-bond donors (Lipinski definition) is 1. The van der Waals surface area contributed by atoms with E-state index < -0.39 is 0 Å². The average molecular weight is 217 g/mol. The maximum absolute atomic E-state index is 5.44. The number of anilines is 1. The summed E-state index contributed by atoms with van der Waals surface area (Å²) in [5, 5.41) is 3.23. The number of aryl methyl sites for hydroxylation is 2. The molecule has 4 heteroatoms. The van der Waals surface area contributed by atoms with Gasteiger partial charge in [0.2, 0.25) is 5.89 Å². The monoisotopic (exact) mass is 217 g/mol. The molecule has 2 heterocycles. The van der Waals surface area contributed by atoms with Crippen molar-refractivity contribution in [1.82, 2.24) is 9.97 Å². The molecule has 0 radical (unpaired) electrons. The van der Waals surface area contributed by atoms with Gasteiger partial charge in [-0.3, -0.25) is 0 Å². The van der Waals surface area contributed by atoms with Crippen LogP contribution in [0.4, 0.5) is 5.82 Å². The Morgan fingerprint density at radius 1 is 1.19 bits per heavy atom. The van der Waals surface area contributed by atoms with Gasteiger partial charge in [-0.2, -0.15) is 0 Å². The molecule has 2 aromatic heterocycles. The van der Waals surface area contributed by atoms with Crippen LogP contribution < -0.4 is 5.32 Å². The molecule has 0 fully saturated rings. The van der Waals surface area contributed by atoms with Gasteiger partial charge >= 0.3 is 0 Å². The molecule has 1 atom stereocenters. The van der Waals surface area contributed by atoms with Gasteiger partial charge in [-0.25, -0.2) is 9.97 Å². The lowest BCUT2D eigenvalue weighted by Crippen LogP contribution is -2.07. The Balaban J connectivity index is 2.07. The van der Waals surface area contributed by atoms with Crippen LogP contribution in [0.15, 0.2) is 28.9 Å². The van der Waals surface area contributed by atoms with E-state index in [-0.39, 0.29) is 6.04 Å². The minimum Gasteiger partial charge on any atom is -0.444 e. The van der Waals surface area contributed by atoms with Gasteiger partial charge in [0, 0.05) is 6.20 Å². The van der Waals surface area contributed by atoms with Crippen LogP contribution in [0.3, 0.4) is 0 Å². The smallest absolute Gasteiger partial charge is 0.216 e. The first-order valence-corrected chi connectivity index (χ1v) is 5.26. The van der Waals surface area contributed by atoms with Gasteiger partial charge in [-0.1, -0.05) is 6.07 Å². The molecule has 2 rings (SSSR count). The molecule has 4 nitrogen and oxygen atoms in total. The largest absolute Gasteiger partial charge is 0.444 e. The summed E-state index contributed by atoms with van der Waals surface area (Å²) in [6.07, 6.45) is 3.55. The van der Waals surface area contributed by atoms with Crippen molar-refractivity contribution in [3.05, 3.63) is 41.7 Å². The van der Waals surface area contributed by atoms with E-state index in [1.807, 2.05) is 39.1 Å². The zero-order chi connectivity index (χ0) is 11.5. The van der Waals surface area contributed by atoms with E-state index in [4.69, 9.17) is 4.42 Å². The normalized spacial score (nSPS) is 12.4. The summed E-state index contributed by atoms with van der Waals surface area (Å²) in [7, 11) is 0. The molecule has 0 aliphatic rings. The highest BCUT2D eigenvalue weighted by Gasteiger charge is 2.11. The summed E-state index contributed by atoms with van der Waals surface area (Å²) in [5.74, 6) is 2.33. The molecule has 0 saturated carbocycles. The van der Waals surface area contributed by atoms with Crippen LogP contribution in [0.5, 0.6) is 0 Å². The van der Waals surface area contributed by atoms with E-state index in [1.165, 1.54) is 0 Å². The molecule has 0 bridgehead atoms. The first-order chi connectivity index (χ1) is 7.65. The van der Waals surface area contributed by atoms with Gasteiger partial charge in [0.15, 0.2) is 0 Å². The van der Waals surface area contributed by atoms with Crippen molar-refractivity contribution in [1.29, 1.82) is 0 Å². The fourth-order valence-electron chi connectivity index (χ4n) is 1.41. The van der Waals surface area contributed by atoms with Crippen LogP contribution in [-0.2, 0) is 0 Å². The summed E-state index contributed by atoms with van der Waals surface area (Å²) in [6.45, 7) is 5.89. The summed E-state index contributed by atoms with van der Waals surface area (Å²) in [6, 6.07) is 3.98. The number of aromatic nitrogens is 2. The lowest BCUT2D eigenvalue weighted by Gasteiger charge is -2.10. The predicted octanol–water partition coefficient (Wildman–Crippen LogP) is 2.86. The molecule has 84 valence electrons. The summed E-state index contributed by atoms with van der Waals surface area (Å²) >= 11 is 0. The zero-order valence-electron chi connectivity index (χ0n) is 9.69. The van der Waals surface area contributed by atoms with Crippen LogP contribution in [0.25, 0.3) is 0 Å². The Morgan fingerprint density at radius 2 is 2.00 bits per heavy atom. The number of pyridine rings is 1. The quantitative estimate of drug-likeness (QED) is 0.858. The fraction of sp³-hybridized carbons (Fsp3) is 0.333. The van der Waals surface area contributed by atoms with Crippen molar-refractivity contribution in [2.24, 2.45) is 0 Å². The van der Waals surface area contributed by atoms with Crippen molar-refractivity contribution in [3.8, 4) is 0 Å². The maximum atomic E-state index is 5.44. The molecular formula is C12H15N3O. The highest BCUT2D eigenvalue weighted by molar-refractivity contribution is 5.36. The maximum Gasteiger partial charge on any atom is 0.216 e. The van der Waals surface area contributed by atoms with E-state index in [9.17, 15) is 0 Å². The molecule has 0 amide bonds. The zero-order valence-corrected chi connectivity index (χ0v) is 9.69. The van der Waals surface area contributed by atoms with Crippen molar-refractivity contribution >= 4 is 5.82 Å². The van der Waals surface area contributed by atoms with Gasteiger partial charge in [0.25, 0.3) is 0 Å². The Labute approximate surface area is 94.7 Å². The van der Waals surface area contributed by atoms with E-state index in [2.05, 4.69) is 15.3 Å². The van der Waals surface area contributed by atoms with E-state index >= 15 is 0 Å². The Bertz CT molecular complexity index is 461. The molecular weight excluding hydrogens is 202 g/mol. The number of rotatable bonds is 3. The van der Waals surface area contributed by atoms with Gasteiger partial charge in [-0.15, -0.1) is 0 Å². The SMILES string of the molecule is Cc1ccc(NC(C)c2ncc(C)o2)nc1. The third kappa shape index (κ3) is 2.39. The third-order valence-corrected chi connectivity index (χ3v) is 2.29. The second-order valence-corrected chi connectivity index (χ2v) is 3.90. The minimum absolute atomic E-state index is 0.0175. The number of oxazole rings is 1. The van der Waals surface area contributed by atoms with Crippen molar-refractivity contribution in [3.63, 3.8) is 0 Å². The molecule has 2 aromatic rings. The molecule has 0 aliphatic heterocycles.